The molecule has 1 aliphatic rings. The maximum Gasteiger partial charge on any atom is 0.412 e. The molecule has 0 unspecified atom stereocenters. The van der Waals surface area contributed by atoms with Gasteiger partial charge in [-0.2, -0.15) is 0 Å². The molecule has 8 heteroatoms. The van der Waals surface area contributed by atoms with E-state index in [1.807, 2.05) is 20.8 Å². The standard InChI is InChI=1S/C21H38N2O6/c1-13(17(26)22-9)10-15-14(11-20(5,6)12-16(24)25)23(21(7,8)28-15)18(27)29-19(2,3)4/h13-15H,10-12H2,1-9H3,(H,22,26)(H,24,25)/t13-,14+,15+/m1/s1. The van der Waals surface area contributed by atoms with Crippen molar-refractivity contribution in [2.75, 3.05) is 7.05 Å². The third-order valence-electron chi connectivity index (χ3n) is 5.04. The second kappa shape index (κ2) is 8.90. The molecule has 0 aromatic heterocycles. The van der Waals surface area contributed by atoms with Gasteiger partial charge < -0.3 is 19.9 Å². The quantitative estimate of drug-likeness (QED) is 0.661. The van der Waals surface area contributed by atoms with Crippen molar-refractivity contribution in [3.63, 3.8) is 0 Å². The minimum Gasteiger partial charge on any atom is -0.481 e. The van der Waals surface area contributed by atoms with Gasteiger partial charge in [-0.05, 0) is 52.9 Å². The highest BCUT2D eigenvalue weighted by atomic mass is 16.6. The van der Waals surface area contributed by atoms with Gasteiger partial charge in [0.05, 0.1) is 18.6 Å². The fraction of sp³-hybridized carbons (Fsp3) is 0.857. The minimum absolute atomic E-state index is 0.0379. The Hall–Kier alpha value is -1.83. The van der Waals surface area contributed by atoms with Gasteiger partial charge in [0.25, 0.3) is 0 Å². The molecule has 2 amide bonds. The van der Waals surface area contributed by atoms with Crippen LogP contribution in [-0.2, 0) is 19.1 Å². The van der Waals surface area contributed by atoms with E-state index in [4.69, 9.17) is 9.47 Å². The van der Waals surface area contributed by atoms with E-state index in [0.717, 1.165) is 0 Å². The first-order valence-corrected chi connectivity index (χ1v) is 10.1. The van der Waals surface area contributed by atoms with E-state index in [9.17, 15) is 19.5 Å². The van der Waals surface area contributed by atoms with Crippen LogP contribution in [0.15, 0.2) is 0 Å². The Morgan fingerprint density at radius 2 is 1.76 bits per heavy atom. The Labute approximate surface area is 174 Å². The lowest BCUT2D eigenvalue weighted by Gasteiger charge is -2.38. The van der Waals surface area contributed by atoms with E-state index in [2.05, 4.69) is 5.32 Å². The molecule has 3 atom stereocenters. The first kappa shape index (κ1) is 25.2. The van der Waals surface area contributed by atoms with Crippen LogP contribution >= 0.6 is 0 Å². The molecule has 8 nitrogen and oxygen atoms in total. The summed E-state index contributed by atoms with van der Waals surface area (Å²) in [5, 5.41) is 11.9. The van der Waals surface area contributed by atoms with Crippen molar-refractivity contribution in [2.45, 2.75) is 98.1 Å². The highest BCUT2D eigenvalue weighted by Crippen LogP contribution is 2.42. The van der Waals surface area contributed by atoms with E-state index in [0.29, 0.717) is 12.8 Å². The average molecular weight is 415 g/mol. The molecule has 1 saturated heterocycles. The molecular formula is C21H38N2O6. The summed E-state index contributed by atoms with van der Waals surface area (Å²) in [5.41, 5.74) is -2.20. The smallest absolute Gasteiger partial charge is 0.412 e. The Kier molecular flexibility index (Phi) is 7.73. The maximum atomic E-state index is 13.0. The van der Waals surface area contributed by atoms with Crippen molar-refractivity contribution < 1.29 is 29.0 Å². The summed E-state index contributed by atoms with van der Waals surface area (Å²) in [4.78, 5) is 38.0. The molecule has 0 bridgehead atoms. The number of carbonyl (C=O) groups excluding carboxylic acids is 2. The molecule has 0 spiro atoms. The van der Waals surface area contributed by atoms with Crippen LogP contribution in [0.3, 0.4) is 0 Å². The molecule has 0 aromatic rings. The van der Waals surface area contributed by atoms with Crippen LogP contribution in [0, 0.1) is 11.3 Å². The number of aliphatic carboxylic acids is 1. The van der Waals surface area contributed by atoms with Gasteiger partial charge in [-0.25, -0.2) is 4.79 Å². The Morgan fingerprint density at radius 1 is 1.21 bits per heavy atom. The zero-order chi connectivity index (χ0) is 22.8. The summed E-state index contributed by atoms with van der Waals surface area (Å²) in [6.45, 7) is 14.5. The molecule has 1 rings (SSSR count). The van der Waals surface area contributed by atoms with E-state index >= 15 is 0 Å². The van der Waals surface area contributed by atoms with E-state index in [-0.39, 0.29) is 18.2 Å². The van der Waals surface area contributed by atoms with E-state index in [1.54, 1.807) is 46.6 Å². The number of hydrogen-bond acceptors (Lipinski definition) is 5. The third-order valence-corrected chi connectivity index (χ3v) is 5.04. The summed E-state index contributed by atoms with van der Waals surface area (Å²) in [5.74, 6) is -1.32. The van der Waals surface area contributed by atoms with Crippen molar-refractivity contribution in [3.8, 4) is 0 Å². The summed E-state index contributed by atoms with van der Waals surface area (Å²) in [6, 6.07) is -0.415. The monoisotopic (exact) mass is 414 g/mol. The zero-order valence-corrected chi connectivity index (χ0v) is 19.3. The first-order chi connectivity index (χ1) is 13.0. The SMILES string of the molecule is CNC(=O)[C@H](C)C[C@@H]1OC(C)(C)N(C(=O)OC(C)(C)C)[C@H]1CC(C)(C)CC(=O)O. The summed E-state index contributed by atoms with van der Waals surface area (Å²) < 4.78 is 11.8. The minimum atomic E-state index is -0.945. The number of hydrogen-bond donors (Lipinski definition) is 2. The van der Waals surface area contributed by atoms with Gasteiger partial charge in [0, 0.05) is 13.0 Å². The van der Waals surface area contributed by atoms with Crippen LogP contribution in [0.2, 0.25) is 0 Å². The lowest BCUT2D eigenvalue weighted by atomic mass is 9.79. The van der Waals surface area contributed by atoms with E-state index in [1.165, 1.54) is 0 Å². The number of nitrogens with one attached hydrogen (secondary N) is 1. The van der Waals surface area contributed by atoms with Crippen molar-refractivity contribution in [1.29, 1.82) is 0 Å². The van der Waals surface area contributed by atoms with Crippen LogP contribution in [0.4, 0.5) is 4.79 Å². The number of amides is 2. The maximum absolute atomic E-state index is 13.0. The van der Waals surface area contributed by atoms with Crippen molar-refractivity contribution in [3.05, 3.63) is 0 Å². The van der Waals surface area contributed by atoms with E-state index < -0.39 is 40.9 Å². The number of ether oxygens (including phenoxy) is 2. The lowest BCUT2D eigenvalue weighted by Crippen LogP contribution is -2.51. The lowest BCUT2D eigenvalue weighted by molar-refractivity contribution is -0.139. The Morgan fingerprint density at radius 3 is 2.21 bits per heavy atom. The molecule has 1 fully saturated rings. The molecule has 0 aromatic carbocycles. The molecule has 2 N–H and O–H groups in total. The van der Waals surface area contributed by atoms with Crippen molar-refractivity contribution in [2.24, 2.45) is 11.3 Å². The largest absolute Gasteiger partial charge is 0.481 e. The van der Waals surface area contributed by atoms with Gasteiger partial charge in [-0.1, -0.05) is 20.8 Å². The number of carboxylic acid groups (broad SMARTS) is 1. The van der Waals surface area contributed by atoms with Gasteiger partial charge in [-0.3, -0.25) is 14.5 Å². The molecule has 0 radical (unpaired) electrons. The predicted octanol–water partition coefficient (Wildman–Crippen LogP) is 3.39. The Balaban J connectivity index is 3.25. The van der Waals surface area contributed by atoms with Gasteiger partial charge >= 0.3 is 12.1 Å². The molecule has 168 valence electrons. The molecule has 0 saturated carbocycles. The van der Waals surface area contributed by atoms with Gasteiger partial charge in [0.15, 0.2) is 0 Å². The topological polar surface area (TPSA) is 105 Å². The number of rotatable bonds is 7. The van der Waals surface area contributed by atoms with Gasteiger partial charge in [-0.15, -0.1) is 0 Å². The van der Waals surface area contributed by atoms with Crippen LogP contribution < -0.4 is 5.32 Å². The molecular weight excluding hydrogens is 376 g/mol. The van der Waals surface area contributed by atoms with Crippen LogP contribution in [-0.4, -0.2) is 58.5 Å². The molecule has 29 heavy (non-hydrogen) atoms. The summed E-state index contributed by atoms with van der Waals surface area (Å²) in [7, 11) is 1.58. The molecule has 1 aliphatic heterocycles. The van der Waals surface area contributed by atoms with Crippen LogP contribution in [0.25, 0.3) is 0 Å². The number of nitrogens with zero attached hydrogens (tertiary/aromatic N) is 1. The Bertz CT molecular complexity index is 623. The number of carbonyl (C=O) groups is 3. The average Bonchev–Trinajstić information content (AvgIpc) is 2.72. The second-order valence-corrected chi connectivity index (χ2v) is 10.2. The summed E-state index contributed by atoms with van der Waals surface area (Å²) in [6.07, 6.45) is -0.140. The fourth-order valence-electron chi connectivity index (χ4n) is 3.92. The van der Waals surface area contributed by atoms with Crippen LogP contribution in [0.1, 0.15) is 74.7 Å². The normalized spacial score (nSPS) is 22.9. The second-order valence-electron chi connectivity index (χ2n) is 10.2. The zero-order valence-electron chi connectivity index (χ0n) is 19.3. The predicted molar refractivity (Wildman–Crippen MR) is 109 cm³/mol. The fourth-order valence-corrected chi connectivity index (χ4v) is 3.92. The van der Waals surface area contributed by atoms with Crippen molar-refractivity contribution in [1.82, 2.24) is 10.2 Å². The number of carboxylic acids is 1. The van der Waals surface area contributed by atoms with Gasteiger partial charge in [0.2, 0.25) is 5.91 Å². The van der Waals surface area contributed by atoms with Gasteiger partial charge in [0.1, 0.15) is 11.3 Å². The summed E-state index contributed by atoms with van der Waals surface area (Å²) >= 11 is 0. The van der Waals surface area contributed by atoms with Crippen molar-refractivity contribution >= 4 is 18.0 Å². The van der Waals surface area contributed by atoms with Crippen LogP contribution in [0.5, 0.6) is 0 Å². The molecule has 1 heterocycles. The highest BCUT2D eigenvalue weighted by Gasteiger charge is 2.52. The highest BCUT2D eigenvalue weighted by molar-refractivity contribution is 5.78. The first-order valence-electron chi connectivity index (χ1n) is 10.1. The third kappa shape index (κ3) is 7.17. The molecule has 0 aliphatic carbocycles.